The highest BCUT2D eigenvalue weighted by molar-refractivity contribution is 6.63. The standard InChI is InChI=1S/C19H29BFNO5/c1-17(2,3)25-16(23)22-11-12-24-14-10-8-9-13(21)15(14)20-26-18(4,5)19(6,7)27-20/h8-10H,11-12H2,1-7H3,(H,22,23). The van der Waals surface area contributed by atoms with E-state index in [-0.39, 0.29) is 18.6 Å². The van der Waals surface area contributed by atoms with Crippen LogP contribution in [0, 0.1) is 5.82 Å². The molecule has 1 aromatic carbocycles. The number of ether oxygens (including phenoxy) is 2. The van der Waals surface area contributed by atoms with Crippen LogP contribution in [0.1, 0.15) is 48.5 Å². The van der Waals surface area contributed by atoms with Gasteiger partial charge in [0, 0.05) is 0 Å². The van der Waals surface area contributed by atoms with Crippen LogP contribution in [0.4, 0.5) is 9.18 Å². The van der Waals surface area contributed by atoms with Gasteiger partial charge in [-0.2, -0.15) is 0 Å². The van der Waals surface area contributed by atoms with E-state index in [9.17, 15) is 9.18 Å². The third-order valence-corrected chi connectivity index (χ3v) is 4.53. The lowest BCUT2D eigenvalue weighted by molar-refractivity contribution is 0.00578. The molecule has 1 aromatic rings. The lowest BCUT2D eigenvalue weighted by atomic mass is 9.78. The van der Waals surface area contributed by atoms with Crippen LogP contribution in [0.2, 0.25) is 0 Å². The van der Waals surface area contributed by atoms with E-state index < -0.39 is 35.8 Å². The smallest absolute Gasteiger partial charge is 0.492 e. The average molecular weight is 381 g/mol. The predicted molar refractivity (Wildman–Crippen MR) is 102 cm³/mol. The minimum Gasteiger partial charge on any atom is -0.492 e. The van der Waals surface area contributed by atoms with Crippen LogP contribution >= 0.6 is 0 Å². The molecule has 0 unspecified atom stereocenters. The number of carbonyl (C=O) groups excluding carboxylic acids is 1. The van der Waals surface area contributed by atoms with Crippen LogP contribution in [-0.2, 0) is 14.0 Å². The normalized spacial score (nSPS) is 18.3. The molecule has 1 aliphatic heterocycles. The maximum Gasteiger partial charge on any atom is 0.501 e. The second kappa shape index (κ2) is 7.68. The van der Waals surface area contributed by atoms with Gasteiger partial charge in [-0.05, 0) is 60.6 Å². The fourth-order valence-corrected chi connectivity index (χ4v) is 2.46. The molecule has 0 bridgehead atoms. The van der Waals surface area contributed by atoms with Crippen molar-refractivity contribution in [1.82, 2.24) is 5.32 Å². The van der Waals surface area contributed by atoms with Gasteiger partial charge in [0.2, 0.25) is 0 Å². The van der Waals surface area contributed by atoms with Crippen molar-refractivity contribution in [2.24, 2.45) is 0 Å². The van der Waals surface area contributed by atoms with E-state index in [0.29, 0.717) is 5.75 Å². The first-order valence-electron chi connectivity index (χ1n) is 9.06. The highest BCUT2D eigenvalue weighted by Crippen LogP contribution is 2.37. The number of alkyl carbamates (subject to hydrolysis) is 1. The first-order chi connectivity index (χ1) is 12.3. The zero-order valence-electron chi connectivity index (χ0n) is 17.1. The van der Waals surface area contributed by atoms with E-state index in [1.54, 1.807) is 32.9 Å². The van der Waals surface area contributed by atoms with E-state index in [2.05, 4.69) is 5.32 Å². The molecule has 0 atom stereocenters. The molecule has 0 aromatic heterocycles. The van der Waals surface area contributed by atoms with Gasteiger partial charge in [-0.15, -0.1) is 0 Å². The molecule has 0 spiro atoms. The summed E-state index contributed by atoms with van der Waals surface area (Å²) in [7, 11) is -0.870. The van der Waals surface area contributed by atoms with Crippen LogP contribution in [-0.4, -0.2) is 43.2 Å². The van der Waals surface area contributed by atoms with Crippen molar-refractivity contribution in [2.45, 2.75) is 65.3 Å². The fraction of sp³-hybridized carbons (Fsp3) is 0.632. The predicted octanol–water partition coefficient (Wildman–Crippen LogP) is 3.03. The second-order valence-electron chi connectivity index (χ2n) is 8.52. The van der Waals surface area contributed by atoms with Crippen molar-refractivity contribution in [2.75, 3.05) is 13.2 Å². The number of rotatable bonds is 5. The van der Waals surface area contributed by atoms with Crippen LogP contribution in [0.3, 0.4) is 0 Å². The van der Waals surface area contributed by atoms with Gasteiger partial charge < -0.3 is 24.1 Å². The summed E-state index contributed by atoms with van der Waals surface area (Å²) in [6, 6.07) is 4.55. The molecule has 1 N–H and O–H groups in total. The number of amides is 1. The maximum atomic E-state index is 14.5. The Balaban J connectivity index is 2.01. The Morgan fingerprint density at radius 3 is 2.33 bits per heavy atom. The summed E-state index contributed by atoms with van der Waals surface area (Å²) in [5.41, 5.74) is -1.53. The number of hydrogen-bond acceptors (Lipinski definition) is 5. The summed E-state index contributed by atoms with van der Waals surface area (Å²) < 4.78 is 37.2. The molecule has 1 saturated heterocycles. The zero-order chi connectivity index (χ0) is 20.5. The van der Waals surface area contributed by atoms with E-state index in [4.69, 9.17) is 18.8 Å². The van der Waals surface area contributed by atoms with Crippen molar-refractivity contribution in [3.8, 4) is 5.75 Å². The van der Waals surface area contributed by atoms with Gasteiger partial charge in [-0.1, -0.05) is 6.07 Å². The Bertz CT molecular complexity index is 671. The quantitative estimate of drug-likeness (QED) is 0.628. The van der Waals surface area contributed by atoms with Crippen LogP contribution in [0.25, 0.3) is 0 Å². The molecule has 0 saturated carbocycles. The number of benzene rings is 1. The Hall–Kier alpha value is -1.80. The molecule has 8 heteroatoms. The molecule has 0 aliphatic carbocycles. The summed E-state index contributed by atoms with van der Waals surface area (Å²) in [5, 5.41) is 2.60. The highest BCUT2D eigenvalue weighted by Gasteiger charge is 2.53. The summed E-state index contributed by atoms with van der Waals surface area (Å²) >= 11 is 0. The van der Waals surface area contributed by atoms with E-state index in [1.165, 1.54) is 6.07 Å². The highest BCUT2D eigenvalue weighted by atomic mass is 19.1. The largest absolute Gasteiger partial charge is 0.501 e. The van der Waals surface area contributed by atoms with Crippen molar-refractivity contribution in [3.63, 3.8) is 0 Å². The minimum absolute atomic E-state index is 0.148. The van der Waals surface area contributed by atoms with Crippen LogP contribution in [0.15, 0.2) is 18.2 Å². The summed E-state index contributed by atoms with van der Waals surface area (Å²) in [5.74, 6) is -0.148. The molecule has 0 radical (unpaired) electrons. The summed E-state index contributed by atoms with van der Waals surface area (Å²) in [4.78, 5) is 11.7. The molecule has 1 aliphatic rings. The van der Waals surface area contributed by atoms with Gasteiger partial charge in [0.25, 0.3) is 0 Å². The van der Waals surface area contributed by atoms with E-state index in [1.807, 2.05) is 27.7 Å². The monoisotopic (exact) mass is 381 g/mol. The van der Waals surface area contributed by atoms with Gasteiger partial charge in [-0.3, -0.25) is 0 Å². The zero-order valence-corrected chi connectivity index (χ0v) is 17.1. The Morgan fingerprint density at radius 2 is 1.78 bits per heavy atom. The SMILES string of the molecule is CC(C)(C)OC(=O)NCCOc1cccc(F)c1B1OC(C)(C)C(C)(C)O1. The molecule has 1 amide bonds. The number of nitrogens with one attached hydrogen (secondary N) is 1. The number of carbonyl (C=O) groups is 1. The number of hydrogen-bond donors (Lipinski definition) is 1. The lowest BCUT2D eigenvalue weighted by Gasteiger charge is -2.32. The third-order valence-electron chi connectivity index (χ3n) is 4.53. The molecule has 27 heavy (non-hydrogen) atoms. The second-order valence-corrected chi connectivity index (χ2v) is 8.52. The van der Waals surface area contributed by atoms with Gasteiger partial charge in [0.05, 0.1) is 23.2 Å². The molecule has 1 heterocycles. The molecule has 6 nitrogen and oxygen atoms in total. The fourth-order valence-electron chi connectivity index (χ4n) is 2.46. The first kappa shape index (κ1) is 21.5. The Kier molecular flexibility index (Phi) is 6.11. The van der Waals surface area contributed by atoms with Crippen molar-refractivity contribution in [1.29, 1.82) is 0 Å². The van der Waals surface area contributed by atoms with Crippen molar-refractivity contribution in [3.05, 3.63) is 24.0 Å². The number of halogens is 1. The van der Waals surface area contributed by atoms with Crippen molar-refractivity contribution >= 4 is 18.7 Å². The van der Waals surface area contributed by atoms with Gasteiger partial charge in [0.15, 0.2) is 0 Å². The van der Waals surface area contributed by atoms with Gasteiger partial charge in [0.1, 0.15) is 23.8 Å². The molecular weight excluding hydrogens is 352 g/mol. The third kappa shape index (κ3) is 5.36. The summed E-state index contributed by atoms with van der Waals surface area (Å²) in [6.07, 6.45) is -0.531. The first-order valence-corrected chi connectivity index (χ1v) is 9.06. The minimum atomic E-state index is -0.870. The summed E-state index contributed by atoms with van der Waals surface area (Å²) in [6.45, 7) is 13.3. The average Bonchev–Trinajstić information content (AvgIpc) is 2.69. The van der Waals surface area contributed by atoms with E-state index >= 15 is 0 Å². The molecular formula is C19H29BFNO5. The van der Waals surface area contributed by atoms with Crippen molar-refractivity contribution < 1.29 is 28.0 Å². The molecule has 1 fully saturated rings. The Labute approximate surface area is 160 Å². The molecule has 2 rings (SSSR count). The van der Waals surface area contributed by atoms with Crippen LogP contribution < -0.4 is 15.5 Å². The molecule has 150 valence electrons. The maximum absolute atomic E-state index is 14.5. The van der Waals surface area contributed by atoms with E-state index in [0.717, 1.165) is 0 Å². The topological polar surface area (TPSA) is 66.0 Å². The van der Waals surface area contributed by atoms with Gasteiger partial charge in [-0.25, -0.2) is 9.18 Å². The van der Waals surface area contributed by atoms with Gasteiger partial charge >= 0.3 is 13.2 Å². The van der Waals surface area contributed by atoms with Crippen LogP contribution in [0.5, 0.6) is 5.75 Å². The Morgan fingerprint density at radius 1 is 1.19 bits per heavy atom. The lowest BCUT2D eigenvalue weighted by Crippen LogP contribution is -2.41.